The first kappa shape index (κ1) is 16.4. The summed E-state index contributed by atoms with van der Waals surface area (Å²) >= 11 is 7.08. The van der Waals surface area contributed by atoms with Gasteiger partial charge in [-0.15, -0.1) is 11.3 Å². The van der Waals surface area contributed by atoms with Crippen LogP contribution in [0.15, 0.2) is 12.1 Å². The van der Waals surface area contributed by atoms with Crippen LogP contribution in [-0.4, -0.2) is 37.4 Å². The van der Waals surface area contributed by atoms with Crippen molar-refractivity contribution in [3.63, 3.8) is 0 Å². The molecule has 1 rings (SSSR count). The maximum atomic E-state index is 11.9. The van der Waals surface area contributed by atoms with Gasteiger partial charge in [0.2, 0.25) is 0 Å². The molecule has 1 aromatic heterocycles. The molecule has 0 bridgehead atoms. The second-order valence-electron chi connectivity index (χ2n) is 3.95. The number of carboxylic acid groups (broad SMARTS) is 1. The lowest BCUT2D eigenvalue weighted by molar-refractivity contribution is -0.137. The zero-order chi connectivity index (χ0) is 14.6. The predicted octanol–water partition coefficient (Wildman–Crippen LogP) is 1.70. The molecule has 0 saturated carbocycles. The molecule has 19 heavy (non-hydrogen) atoms. The van der Waals surface area contributed by atoms with Gasteiger partial charge >= 0.3 is 5.97 Å². The lowest BCUT2D eigenvalue weighted by atomic mass is 10.3. The van der Waals surface area contributed by atoms with Crippen molar-refractivity contribution in [3.8, 4) is 0 Å². The van der Waals surface area contributed by atoms with Crippen LogP contribution in [0.3, 0.4) is 0 Å². The number of hydrogen-bond donors (Lipinski definition) is 2. The number of carboxylic acids is 1. The van der Waals surface area contributed by atoms with Gasteiger partial charge in [-0.3, -0.25) is 4.79 Å². The van der Waals surface area contributed by atoms with Crippen LogP contribution < -0.4 is 4.72 Å². The molecule has 1 unspecified atom stereocenters. The normalized spacial score (nSPS) is 13.7. The monoisotopic (exact) mass is 326 g/mol. The minimum Gasteiger partial charge on any atom is -0.481 e. The van der Waals surface area contributed by atoms with E-state index in [1.54, 1.807) is 19.1 Å². The third-order valence-electron chi connectivity index (χ3n) is 2.40. The van der Waals surface area contributed by atoms with Crippen molar-refractivity contribution in [3.05, 3.63) is 21.3 Å². The quantitative estimate of drug-likeness (QED) is 0.798. The molecule has 0 fully saturated rings. The summed E-state index contributed by atoms with van der Waals surface area (Å²) in [4.78, 5) is 11.2. The van der Waals surface area contributed by atoms with Crippen LogP contribution in [0, 0.1) is 0 Å². The fourth-order valence-corrected chi connectivity index (χ4v) is 3.53. The Morgan fingerprint density at radius 1 is 1.58 bits per heavy atom. The third-order valence-corrected chi connectivity index (χ3v) is 5.47. The van der Waals surface area contributed by atoms with Crippen LogP contribution in [0.5, 0.6) is 0 Å². The van der Waals surface area contributed by atoms with Crippen molar-refractivity contribution in [2.75, 3.05) is 13.6 Å². The zero-order valence-electron chi connectivity index (χ0n) is 10.5. The minimum absolute atomic E-state index is 0.0808. The molecule has 0 aliphatic rings. The number of thiophene rings is 1. The van der Waals surface area contributed by atoms with Crippen molar-refractivity contribution in [1.82, 2.24) is 9.03 Å². The molecule has 0 spiro atoms. The molecule has 0 aliphatic heterocycles. The summed E-state index contributed by atoms with van der Waals surface area (Å²) in [7, 11) is -2.38. The molecule has 2 N–H and O–H groups in total. The van der Waals surface area contributed by atoms with Crippen LogP contribution >= 0.6 is 22.9 Å². The molecule has 108 valence electrons. The first-order valence-corrected chi connectivity index (χ1v) is 8.06. The molecule has 9 heteroatoms. The Bertz CT molecular complexity index is 543. The molecule has 0 radical (unpaired) electrons. The van der Waals surface area contributed by atoms with Crippen LogP contribution in [0.4, 0.5) is 0 Å². The fraction of sp³-hybridized carbons (Fsp3) is 0.500. The highest BCUT2D eigenvalue weighted by Gasteiger charge is 2.22. The van der Waals surface area contributed by atoms with Crippen molar-refractivity contribution >= 4 is 39.1 Å². The predicted molar refractivity (Wildman–Crippen MR) is 74.7 cm³/mol. The largest absolute Gasteiger partial charge is 0.481 e. The SMILES string of the molecule is CC(NS(=O)(=O)N(C)CCC(=O)O)c1ccc(Cl)s1. The van der Waals surface area contributed by atoms with Gasteiger partial charge in [0.1, 0.15) is 0 Å². The molecule has 6 nitrogen and oxygen atoms in total. The highest BCUT2D eigenvalue weighted by molar-refractivity contribution is 7.87. The van der Waals surface area contributed by atoms with E-state index in [1.165, 1.54) is 18.4 Å². The Hall–Kier alpha value is -0.670. The molecular weight excluding hydrogens is 312 g/mol. The standard InChI is InChI=1S/C10H15ClN2O4S2/c1-7(8-3-4-9(11)18-8)12-19(16,17)13(2)6-5-10(14)15/h3-4,7,12H,5-6H2,1-2H3,(H,14,15). The van der Waals surface area contributed by atoms with Gasteiger partial charge in [0.15, 0.2) is 0 Å². The number of rotatable bonds is 7. The summed E-state index contributed by atoms with van der Waals surface area (Å²) in [5, 5.41) is 8.54. The van der Waals surface area contributed by atoms with E-state index in [4.69, 9.17) is 16.7 Å². The highest BCUT2D eigenvalue weighted by Crippen LogP contribution is 2.27. The van der Waals surface area contributed by atoms with Crippen molar-refractivity contribution in [1.29, 1.82) is 0 Å². The Morgan fingerprint density at radius 3 is 2.68 bits per heavy atom. The van der Waals surface area contributed by atoms with Gasteiger partial charge in [-0.05, 0) is 19.1 Å². The lowest BCUT2D eigenvalue weighted by Crippen LogP contribution is -2.40. The minimum atomic E-state index is -3.71. The summed E-state index contributed by atoms with van der Waals surface area (Å²) < 4.78 is 27.9. The van der Waals surface area contributed by atoms with Crippen LogP contribution in [-0.2, 0) is 15.0 Å². The van der Waals surface area contributed by atoms with Gasteiger partial charge in [-0.2, -0.15) is 17.4 Å². The third kappa shape index (κ3) is 5.07. The van der Waals surface area contributed by atoms with Gasteiger partial charge in [0, 0.05) is 18.5 Å². The smallest absolute Gasteiger partial charge is 0.304 e. The van der Waals surface area contributed by atoms with Crippen molar-refractivity contribution < 1.29 is 18.3 Å². The number of aliphatic carboxylic acids is 1. The summed E-state index contributed by atoms with van der Waals surface area (Å²) in [6, 6.07) is 3.02. The van der Waals surface area contributed by atoms with E-state index in [2.05, 4.69) is 4.72 Å². The van der Waals surface area contributed by atoms with E-state index in [0.29, 0.717) is 4.34 Å². The average molecular weight is 327 g/mol. The topological polar surface area (TPSA) is 86.7 Å². The molecule has 1 heterocycles. The number of nitrogens with zero attached hydrogens (tertiary/aromatic N) is 1. The van der Waals surface area contributed by atoms with Gasteiger partial charge in [0.25, 0.3) is 10.2 Å². The Morgan fingerprint density at radius 2 is 2.21 bits per heavy atom. The lowest BCUT2D eigenvalue weighted by Gasteiger charge is -2.19. The van der Waals surface area contributed by atoms with E-state index in [0.717, 1.165) is 9.18 Å². The van der Waals surface area contributed by atoms with Crippen LogP contribution in [0.1, 0.15) is 24.3 Å². The van der Waals surface area contributed by atoms with Gasteiger partial charge in [0.05, 0.1) is 16.8 Å². The summed E-state index contributed by atoms with van der Waals surface area (Å²) in [5.41, 5.74) is 0. The number of nitrogens with one attached hydrogen (secondary N) is 1. The van der Waals surface area contributed by atoms with Crippen molar-refractivity contribution in [2.24, 2.45) is 0 Å². The van der Waals surface area contributed by atoms with Crippen LogP contribution in [0.25, 0.3) is 0 Å². The second-order valence-corrected chi connectivity index (χ2v) is 7.51. The molecule has 1 atom stereocenters. The molecule has 0 aliphatic carbocycles. The number of hydrogen-bond acceptors (Lipinski definition) is 4. The molecular formula is C10H15ClN2O4S2. The summed E-state index contributed by atoms with van der Waals surface area (Å²) in [6.07, 6.45) is -0.239. The molecule has 0 saturated heterocycles. The Balaban J connectivity index is 2.65. The first-order valence-electron chi connectivity index (χ1n) is 5.43. The maximum Gasteiger partial charge on any atom is 0.304 e. The van der Waals surface area contributed by atoms with E-state index < -0.39 is 22.2 Å². The molecule has 1 aromatic rings. The van der Waals surface area contributed by atoms with E-state index in [9.17, 15) is 13.2 Å². The number of halogens is 1. The van der Waals surface area contributed by atoms with Gasteiger partial charge < -0.3 is 5.11 Å². The zero-order valence-corrected chi connectivity index (χ0v) is 12.8. The Kier molecular flexibility index (Phi) is 5.75. The van der Waals surface area contributed by atoms with Gasteiger partial charge in [-0.1, -0.05) is 11.6 Å². The summed E-state index contributed by atoms with van der Waals surface area (Å²) in [5.74, 6) is -1.04. The summed E-state index contributed by atoms with van der Waals surface area (Å²) in [6.45, 7) is 1.62. The van der Waals surface area contributed by atoms with E-state index >= 15 is 0 Å². The van der Waals surface area contributed by atoms with E-state index in [-0.39, 0.29) is 13.0 Å². The average Bonchev–Trinajstić information content (AvgIpc) is 2.72. The number of carbonyl (C=O) groups is 1. The molecule has 0 amide bonds. The molecule has 0 aromatic carbocycles. The fourth-order valence-electron chi connectivity index (χ4n) is 1.31. The maximum absolute atomic E-state index is 11.9. The van der Waals surface area contributed by atoms with Crippen molar-refractivity contribution in [2.45, 2.75) is 19.4 Å². The second kappa shape index (κ2) is 6.67. The first-order chi connectivity index (χ1) is 8.72. The van der Waals surface area contributed by atoms with E-state index in [1.807, 2.05) is 0 Å². The Labute approximate surface area is 121 Å². The van der Waals surface area contributed by atoms with Gasteiger partial charge in [-0.25, -0.2) is 0 Å². The highest BCUT2D eigenvalue weighted by atomic mass is 35.5. The van der Waals surface area contributed by atoms with Crippen LogP contribution in [0.2, 0.25) is 4.34 Å².